The van der Waals surface area contributed by atoms with Crippen LogP contribution in [0.2, 0.25) is 0 Å². The monoisotopic (exact) mass is 436 g/mol. The number of ether oxygens (including phenoxy) is 3. The first kappa shape index (κ1) is 21.1. The van der Waals surface area contributed by atoms with Crippen molar-refractivity contribution in [1.29, 1.82) is 0 Å². The zero-order chi connectivity index (χ0) is 22.8. The first-order valence-corrected chi connectivity index (χ1v) is 11.5. The van der Waals surface area contributed by atoms with E-state index in [1.807, 2.05) is 38.1 Å². The van der Waals surface area contributed by atoms with E-state index < -0.39 is 5.60 Å². The number of fused-ring (bicyclic) bond motifs is 3. The Bertz CT molecular complexity index is 1250. The van der Waals surface area contributed by atoms with Crippen molar-refractivity contribution in [2.45, 2.75) is 26.4 Å². The van der Waals surface area contributed by atoms with Crippen molar-refractivity contribution in [3.8, 4) is 17.2 Å². The quantitative estimate of drug-likeness (QED) is 0.317. The van der Waals surface area contributed by atoms with Gasteiger partial charge in [0.25, 0.3) is 0 Å². The van der Waals surface area contributed by atoms with E-state index in [1.54, 1.807) is 0 Å². The van der Waals surface area contributed by atoms with Crippen molar-refractivity contribution >= 4 is 16.8 Å². The molecule has 0 aliphatic carbocycles. The van der Waals surface area contributed by atoms with Crippen molar-refractivity contribution in [3.63, 3.8) is 0 Å². The molecule has 0 amide bonds. The Hall–Kier alpha value is -3.72. The van der Waals surface area contributed by atoms with Gasteiger partial charge in [-0.3, -0.25) is 0 Å². The largest absolute Gasteiger partial charge is 0.494 e. The van der Waals surface area contributed by atoms with E-state index in [0.29, 0.717) is 13.2 Å². The average molecular weight is 437 g/mol. The molecule has 3 nitrogen and oxygen atoms in total. The minimum atomic E-state index is -0.765. The summed E-state index contributed by atoms with van der Waals surface area (Å²) in [7, 11) is 0. The lowest BCUT2D eigenvalue weighted by Crippen LogP contribution is -2.34. The van der Waals surface area contributed by atoms with E-state index >= 15 is 0 Å². The molecule has 33 heavy (non-hydrogen) atoms. The topological polar surface area (TPSA) is 27.7 Å². The summed E-state index contributed by atoms with van der Waals surface area (Å²) in [6.07, 6.45) is 4.37. The van der Waals surface area contributed by atoms with Gasteiger partial charge in [-0.05, 0) is 62.1 Å². The smallest absolute Gasteiger partial charge is 0.178 e. The summed E-state index contributed by atoms with van der Waals surface area (Å²) in [6.45, 7) is 7.40. The van der Waals surface area contributed by atoms with Gasteiger partial charge in [-0.1, -0.05) is 60.7 Å². The number of rotatable bonds is 6. The molecular weight excluding hydrogens is 408 g/mol. The third kappa shape index (κ3) is 3.74. The van der Waals surface area contributed by atoms with E-state index in [2.05, 4.69) is 73.7 Å². The third-order valence-corrected chi connectivity index (χ3v) is 6.18. The molecule has 3 heteroatoms. The molecule has 4 aromatic carbocycles. The second-order valence-electron chi connectivity index (χ2n) is 8.24. The van der Waals surface area contributed by atoms with Gasteiger partial charge < -0.3 is 14.2 Å². The molecule has 0 aromatic heterocycles. The maximum absolute atomic E-state index is 7.02. The lowest BCUT2D eigenvalue weighted by atomic mass is 9.82. The number of benzene rings is 4. The number of aryl methyl sites for hydroxylation is 1. The van der Waals surface area contributed by atoms with Crippen LogP contribution in [0.1, 0.15) is 36.1 Å². The van der Waals surface area contributed by atoms with E-state index in [-0.39, 0.29) is 0 Å². The van der Waals surface area contributed by atoms with Gasteiger partial charge in [0.1, 0.15) is 17.2 Å². The van der Waals surface area contributed by atoms with Gasteiger partial charge in [-0.15, -0.1) is 0 Å². The van der Waals surface area contributed by atoms with E-state index in [0.717, 1.165) is 39.3 Å². The van der Waals surface area contributed by atoms with E-state index in [9.17, 15) is 0 Å². The fourth-order valence-corrected chi connectivity index (χ4v) is 4.59. The zero-order valence-corrected chi connectivity index (χ0v) is 19.3. The summed E-state index contributed by atoms with van der Waals surface area (Å²) in [6, 6.07) is 27.0. The highest BCUT2D eigenvalue weighted by Crippen LogP contribution is 2.46. The van der Waals surface area contributed by atoms with Crippen LogP contribution >= 0.6 is 0 Å². The van der Waals surface area contributed by atoms with Crippen LogP contribution in [0.4, 0.5) is 0 Å². The molecule has 4 aromatic rings. The summed E-state index contributed by atoms with van der Waals surface area (Å²) in [5.41, 5.74) is 3.65. The van der Waals surface area contributed by atoms with Crippen LogP contribution in [0.5, 0.6) is 17.2 Å². The van der Waals surface area contributed by atoms with Crippen molar-refractivity contribution in [2.24, 2.45) is 0 Å². The summed E-state index contributed by atoms with van der Waals surface area (Å²) >= 11 is 0. The van der Waals surface area contributed by atoms with Crippen LogP contribution in [0, 0.1) is 6.92 Å². The summed E-state index contributed by atoms with van der Waals surface area (Å²) in [5.74, 6) is 2.62. The summed E-state index contributed by atoms with van der Waals surface area (Å²) in [4.78, 5) is 0. The third-order valence-electron chi connectivity index (χ3n) is 6.18. The van der Waals surface area contributed by atoms with Crippen molar-refractivity contribution in [2.75, 3.05) is 13.2 Å². The van der Waals surface area contributed by atoms with Gasteiger partial charge in [0.2, 0.25) is 0 Å². The Kier molecular flexibility index (Phi) is 5.55. The molecule has 0 fully saturated rings. The lowest BCUT2D eigenvalue weighted by Gasteiger charge is -2.37. The fraction of sp³-hybridized carbons (Fsp3) is 0.200. The fourth-order valence-electron chi connectivity index (χ4n) is 4.59. The lowest BCUT2D eigenvalue weighted by molar-refractivity contribution is 0.163. The molecule has 0 saturated carbocycles. The van der Waals surface area contributed by atoms with Crippen LogP contribution in [0.3, 0.4) is 0 Å². The highest BCUT2D eigenvalue weighted by Gasteiger charge is 2.38. The predicted molar refractivity (Wildman–Crippen MR) is 134 cm³/mol. The minimum Gasteiger partial charge on any atom is -0.494 e. The van der Waals surface area contributed by atoms with Crippen LogP contribution in [-0.4, -0.2) is 13.2 Å². The van der Waals surface area contributed by atoms with E-state index in [1.165, 1.54) is 10.9 Å². The Balaban J connectivity index is 1.69. The predicted octanol–water partition coefficient (Wildman–Crippen LogP) is 7.30. The van der Waals surface area contributed by atoms with E-state index in [4.69, 9.17) is 14.2 Å². The molecule has 1 heterocycles. The molecule has 5 rings (SSSR count). The maximum Gasteiger partial charge on any atom is 0.178 e. The second kappa shape index (κ2) is 8.67. The van der Waals surface area contributed by atoms with Gasteiger partial charge in [0.15, 0.2) is 5.60 Å². The van der Waals surface area contributed by atoms with Crippen molar-refractivity contribution in [3.05, 3.63) is 107 Å². The Morgan fingerprint density at radius 2 is 1.33 bits per heavy atom. The molecular formula is C30H28O3. The normalized spacial score (nSPS) is 13.9. The SMILES string of the molecule is CCOc1ccc(C2(c3ccc(OCC)cc3)C=Cc3c(C)cc4ccccc4c3O2)cc1. The average Bonchev–Trinajstić information content (AvgIpc) is 2.85. The molecule has 0 radical (unpaired) electrons. The first-order chi connectivity index (χ1) is 16.1. The Morgan fingerprint density at radius 3 is 1.91 bits per heavy atom. The highest BCUT2D eigenvalue weighted by molar-refractivity contribution is 5.94. The van der Waals surface area contributed by atoms with Gasteiger partial charge in [0, 0.05) is 22.1 Å². The van der Waals surface area contributed by atoms with Crippen molar-refractivity contribution in [1.82, 2.24) is 0 Å². The molecule has 1 aliphatic rings. The molecule has 0 spiro atoms. The van der Waals surface area contributed by atoms with Gasteiger partial charge in [0.05, 0.1) is 13.2 Å². The summed E-state index contributed by atoms with van der Waals surface area (Å²) in [5, 5.41) is 2.29. The molecule has 166 valence electrons. The molecule has 0 atom stereocenters. The molecule has 0 unspecified atom stereocenters. The van der Waals surface area contributed by atoms with Crippen LogP contribution in [-0.2, 0) is 5.60 Å². The molecule has 0 bridgehead atoms. The Morgan fingerprint density at radius 1 is 0.758 bits per heavy atom. The second-order valence-corrected chi connectivity index (χ2v) is 8.24. The van der Waals surface area contributed by atoms with Crippen molar-refractivity contribution < 1.29 is 14.2 Å². The highest BCUT2D eigenvalue weighted by atomic mass is 16.5. The molecule has 0 N–H and O–H groups in total. The van der Waals surface area contributed by atoms with Gasteiger partial charge in [-0.2, -0.15) is 0 Å². The number of hydrogen-bond donors (Lipinski definition) is 0. The standard InChI is InChI=1S/C30H28O3/c1-4-31-25-14-10-23(11-15-25)30(24-12-16-26(17-13-24)32-5-2)19-18-27-21(3)20-22-8-6-7-9-28(22)29(27)33-30/h6-20H,4-5H2,1-3H3. The zero-order valence-electron chi connectivity index (χ0n) is 19.3. The van der Waals surface area contributed by atoms with Crippen LogP contribution < -0.4 is 14.2 Å². The summed E-state index contributed by atoms with van der Waals surface area (Å²) < 4.78 is 18.4. The maximum atomic E-state index is 7.02. The van der Waals surface area contributed by atoms with Crippen LogP contribution in [0.15, 0.2) is 84.9 Å². The minimum absolute atomic E-state index is 0.637. The molecule has 0 saturated heterocycles. The number of hydrogen-bond acceptors (Lipinski definition) is 3. The van der Waals surface area contributed by atoms with Gasteiger partial charge in [-0.25, -0.2) is 0 Å². The Labute approximate surface area is 195 Å². The van der Waals surface area contributed by atoms with Crippen LogP contribution in [0.25, 0.3) is 16.8 Å². The first-order valence-electron chi connectivity index (χ1n) is 11.5. The van der Waals surface area contributed by atoms with Gasteiger partial charge >= 0.3 is 0 Å². The molecule has 1 aliphatic heterocycles.